The van der Waals surface area contributed by atoms with E-state index in [0.29, 0.717) is 6.61 Å². The summed E-state index contributed by atoms with van der Waals surface area (Å²) >= 11 is 0. The van der Waals surface area contributed by atoms with Crippen molar-refractivity contribution in [2.75, 3.05) is 26.4 Å². The Morgan fingerprint density at radius 3 is 2.40 bits per heavy atom. The first-order chi connectivity index (χ1) is 9.04. The Kier molecular flexibility index (Phi) is 5.35. The van der Waals surface area contributed by atoms with E-state index in [1.807, 2.05) is 26.2 Å². The van der Waals surface area contributed by atoms with Gasteiger partial charge in [-0.2, -0.15) is 0 Å². The van der Waals surface area contributed by atoms with Crippen LogP contribution in [0.3, 0.4) is 0 Å². The van der Waals surface area contributed by atoms with Gasteiger partial charge in [0, 0.05) is 11.9 Å². The Bertz CT molecular complexity index is 441. The molecule has 0 fully saturated rings. The number of nitrogens with two attached hydrogens (primary N) is 1. The highest BCUT2D eigenvalue weighted by molar-refractivity contribution is 6.74. The molecule has 1 atom stereocenters. The molecule has 0 aliphatic heterocycles. The quantitative estimate of drug-likeness (QED) is 0.847. The molecular weight excluding hydrogens is 266 g/mol. The third-order valence-corrected chi connectivity index (χ3v) is 8.68. The third kappa shape index (κ3) is 4.29. The first-order valence-electron chi connectivity index (χ1n) is 7.06. The summed E-state index contributed by atoms with van der Waals surface area (Å²) in [5.41, 5.74) is 7.57. The molecule has 0 bridgehead atoms. The second-order valence-corrected chi connectivity index (χ2v) is 11.9. The summed E-state index contributed by atoms with van der Waals surface area (Å²) in [7, 11) is 2.35. The molecule has 0 aromatic carbocycles. The number of hydrogen-bond acceptors (Lipinski definition) is 4. The molecule has 0 aliphatic carbocycles. The maximum atomic E-state index is 6.33. The van der Waals surface area contributed by atoms with Crippen LogP contribution in [0.1, 0.15) is 32.5 Å². The summed E-state index contributed by atoms with van der Waals surface area (Å²) in [6.45, 7) is 12.0. The van der Waals surface area contributed by atoms with Gasteiger partial charge in [-0.15, -0.1) is 0 Å². The minimum Gasteiger partial charge on any atom is -0.415 e. The van der Waals surface area contributed by atoms with Gasteiger partial charge in [-0.25, -0.2) is 0 Å². The van der Waals surface area contributed by atoms with Crippen LogP contribution in [0.25, 0.3) is 0 Å². The van der Waals surface area contributed by atoms with Crippen molar-refractivity contribution in [2.24, 2.45) is 0 Å². The zero-order valence-electron chi connectivity index (χ0n) is 13.9. The summed E-state index contributed by atoms with van der Waals surface area (Å²) in [5.74, 6) is 0. The number of anilines is 1. The first kappa shape index (κ1) is 17.1. The van der Waals surface area contributed by atoms with E-state index in [0.717, 1.165) is 11.4 Å². The van der Waals surface area contributed by atoms with E-state index in [1.165, 1.54) is 0 Å². The van der Waals surface area contributed by atoms with Crippen molar-refractivity contribution in [1.29, 1.82) is 0 Å². The van der Waals surface area contributed by atoms with Gasteiger partial charge in [-0.3, -0.25) is 9.88 Å². The number of nitrogens with zero attached hydrogens (tertiary/aromatic N) is 2. The molecule has 1 aromatic heterocycles. The lowest BCUT2D eigenvalue weighted by Gasteiger charge is -2.38. The lowest BCUT2D eigenvalue weighted by Crippen LogP contribution is -2.43. The van der Waals surface area contributed by atoms with Crippen molar-refractivity contribution in [2.45, 2.75) is 44.9 Å². The van der Waals surface area contributed by atoms with Crippen LogP contribution in [0.15, 0.2) is 18.3 Å². The van der Waals surface area contributed by atoms with Gasteiger partial charge in [0.2, 0.25) is 0 Å². The van der Waals surface area contributed by atoms with Gasteiger partial charge in [0.25, 0.3) is 0 Å². The summed E-state index contributed by atoms with van der Waals surface area (Å²) in [6, 6.07) is 3.87. The largest absolute Gasteiger partial charge is 0.415 e. The van der Waals surface area contributed by atoms with Crippen molar-refractivity contribution in [1.82, 2.24) is 9.88 Å². The molecule has 0 amide bonds. The molecule has 1 rings (SSSR count). The number of aromatic nitrogens is 1. The summed E-state index contributed by atoms with van der Waals surface area (Å²) in [4.78, 5) is 6.57. The van der Waals surface area contributed by atoms with Crippen LogP contribution in [0.2, 0.25) is 18.1 Å². The molecule has 0 saturated heterocycles. The van der Waals surface area contributed by atoms with Gasteiger partial charge in [0.1, 0.15) is 0 Å². The number of nitrogen functional groups attached to an aromatic ring is 1. The lowest BCUT2D eigenvalue weighted by atomic mass is 10.2. The average molecular weight is 296 g/mol. The van der Waals surface area contributed by atoms with Crippen LogP contribution >= 0.6 is 0 Å². The SMILES string of the molecule is CN(C)C(CO[Si](C)(C)C(C)(C)C)c1cc(N)ccn1. The fraction of sp³-hybridized carbons (Fsp3) is 0.667. The van der Waals surface area contributed by atoms with Crippen molar-refractivity contribution in [3.05, 3.63) is 24.0 Å². The molecule has 20 heavy (non-hydrogen) atoms. The molecule has 0 saturated carbocycles. The number of pyridine rings is 1. The summed E-state index contributed by atoms with van der Waals surface area (Å²) in [5, 5.41) is 0.215. The molecule has 2 N–H and O–H groups in total. The molecule has 0 radical (unpaired) electrons. The van der Waals surface area contributed by atoms with Gasteiger partial charge in [-0.1, -0.05) is 20.8 Å². The monoisotopic (exact) mass is 295 g/mol. The minimum atomic E-state index is -1.75. The zero-order valence-corrected chi connectivity index (χ0v) is 14.9. The molecule has 1 unspecified atom stereocenters. The highest BCUT2D eigenvalue weighted by Crippen LogP contribution is 2.37. The maximum Gasteiger partial charge on any atom is 0.192 e. The number of likely N-dealkylation sites (N-methyl/N-ethyl adjacent to an activating group) is 1. The van der Waals surface area contributed by atoms with E-state index in [-0.39, 0.29) is 11.1 Å². The average Bonchev–Trinajstić information content (AvgIpc) is 2.27. The van der Waals surface area contributed by atoms with Gasteiger partial charge in [0.15, 0.2) is 8.32 Å². The van der Waals surface area contributed by atoms with Crippen molar-refractivity contribution >= 4 is 14.0 Å². The van der Waals surface area contributed by atoms with Crippen LogP contribution in [-0.2, 0) is 4.43 Å². The zero-order chi connectivity index (χ0) is 15.6. The molecule has 4 nitrogen and oxygen atoms in total. The predicted octanol–water partition coefficient (Wildman–Crippen LogP) is 3.29. The Balaban J connectivity index is 2.85. The van der Waals surface area contributed by atoms with E-state index >= 15 is 0 Å². The van der Waals surface area contributed by atoms with Gasteiger partial charge in [0.05, 0.1) is 18.3 Å². The summed E-state index contributed by atoms with van der Waals surface area (Å²) in [6.07, 6.45) is 1.76. The second-order valence-electron chi connectivity index (χ2n) is 7.06. The molecule has 0 spiro atoms. The fourth-order valence-electron chi connectivity index (χ4n) is 1.65. The third-order valence-electron chi connectivity index (χ3n) is 4.18. The highest BCUT2D eigenvalue weighted by Gasteiger charge is 2.38. The molecule has 114 valence electrons. The van der Waals surface area contributed by atoms with E-state index in [1.54, 1.807) is 6.20 Å². The van der Waals surface area contributed by atoms with Crippen LogP contribution in [-0.4, -0.2) is 38.9 Å². The Morgan fingerprint density at radius 1 is 1.35 bits per heavy atom. The van der Waals surface area contributed by atoms with Crippen LogP contribution < -0.4 is 5.73 Å². The minimum absolute atomic E-state index is 0.132. The van der Waals surface area contributed by atoms with Crippen LogP contribution in [0, 0.1) is 0 Å². The normalized spacial score (nSPS) is 14.6. The maximum absolute atomic E-state index is 6.33. The van der Waals surface area contributed by atoms with Crippen molar-refractivity contribution in [3.63, 3.8) is 0 Å². The number of hydrogen-bond donors (Lipinski definition) is 1. The second kappa shape index (κ2) is 6.24. The molecular formula is C15H29N3OSi. The van der Waals surface area contributed by atoms with Crippen LogP contribution in [0.5, 0.6) is 0 Å². The molecule has 1 heterocycles. The van der Waals surface area contributed by atoms with E-state index in [9.17, 15) is 0 Å². The van der Waals surface area contributed by atoms with Crippen LogP contribution in [0.4, 0.5) is 5.69 Å². The van der Waals surface area contributed by atoms with E-state index < -0.39 is 8.32 Å². The lowest BCUT2D eigenvalue weighted by molar-refractivity contribution is 0.171. The van der Waals surface area contributed by atoms with Crippen molar-refractivity contribution in [3.8, 4) is 0 Å². The Morgan fingerprint density at radius 2 is 1.95 bits per heavy atom. The molecule has 1 aromatic rings. The Hall–Kier alpha value is -0.913. The molecule has 0 aliphatic rings. The fourth-order valence-corrected chi connectivity index (χ4v) is 2.66. The predicted molar refractivity (Wildman–Crippen MR) is 88.2 cm³/mol. The first-order valence-corrected chi connectivity index (χ1v) is 9.97. The van der Waals surface area contributed by atoms with E-state index in [4.69, 9.17) is 10.2 Å². The standard InChI is InChI=1S/C15H29N3OSi/c1-15(2,3)20(6,7)19-11-14(18(4)5)13-10-12(16)8-9-17-13/h8-10,14H,11H2,1-7H3,(H2,16,17). The smallest absolute Gasteiger partial charge is 0.192 e. The highest BCUT2D eigenvalue weighted by atomic mass is 28.4. The topological polar surface area (TPSA) is 51.4 Å². The van der Waals surface area contributed by atoms with Gasteiger partial charge < -0.3 is 10.2 Å². The van der Waals surface area contributed by atoms with Gasteiger partial charge in [-0.05, 0) is 44.4 Å². The van der Waals surface area contributed by atoms with Crippen molar-refractivity contribution < 1.29 is 4.43 Å². The Labute approximate surface area is 124 Å². The van der Waals surface area contributed by atoms with Gasteiger partial charge >= 0.3 is 0 Å². The number of rotatable bonds is 5. The molecule has 5 heteroatoms. The summed E-state index contributed by atoms with van der Waals surface area (Å²) < 4.78 is 6.33. The van der Waals surface area contributed by atoms with E-state index in [2.05, 4.69) is 43.7 Å².